The summed E-state index contributed by atoms with van der Waals surface area (Å²) in [6, 6.07) is 5.25. The molecule has 0 aliphatic carbocycles. The molecule has 1 aromatic carbocycles. The topological polar surface area (TPSA) is 145 Å². The fourth-order valence-corrected chi connectivity index (χ4v) is 4.34. The van der Waals surface area contributed by atoms with Gasteiger partial charge in [0.25, 0.3) is 5.91 Å². The molecule has 11 nitrogen and oxygen atoms in total. The highest BCUT2D eigenvalue weighted by molar-refractivity contribution is 5.96. The molecule has 3 aromatic heterocycles. The predicted molar refractivity (Wildman–Crippen MR) is 147 cm³/mol. The van der Waals surface area contributed by atoms with E-state index in [9.17, 15) is 23.1 Å². The molecule has 5 N–H and O–H groups in total. The van der Waals surface area contributed by atoms with Crippen LogP contribution in [0.25, 0.3) is 16.9 Å². The molecule has 0 radical (unpaired) electrons. The summed E-state index contributed by atoms with van der Waals surface area (Å²) < 4.78 is 49.7. The summed E-state index contributed by atoms with van der Waals surface area (Å²) in [7, 11) is 0. The number of aryl methyl sites for hydroxylation is 1. The summed E-state index contributed by atoms with van der Waals surface area (Å²) in [5, 5.41) is 19.1. The Morgan fingerprint density at radius 2 is 2.05 bits per heavy atom. The Morgan fingerprint density at radius 3 is 2.76 bits per heavy atom. The summed E-state index contributed by atoms with van der Waals surface area (Å²) in [5.74, 6) is -0.172. The zero-order valence-corrected chi connectivity index (χ0v) is 22.8. The third-order valence-corrected chi connectivity index (χ3v) is 6.33. The first-order chi connectivity index (χ1) is 19.7. The number of nitrogens with one attached hydrogen (secondary N) is 2. The number of rotatable bonds is 13. The van der Waals surface area contributed by atoms with Crippen LogP contribution in [-0.4, -0.2) is 68.1 Å². The predicted octanol–water partition coefficient (Wildman–Crippen LogP) is 3.25. The van der Waals surface area contributed by atoms with Crippen LogP contribution in [-0.2, 0) is 23.9 Å². The number of anilines is 2. The van der Waals surface area contributed by atoms with Crippen molar-refractivity contribution in [2.24, 2.45) is 11.7 Å². The molecule has 0 aliphatic rings. The standard InChI is InChI=1S/C27H33F3N8O3/c1-3-18-12-19(4-5-20(18)26(40)33-8-11-41-10-6-31)35-24-25-34-13-22(38(25)9-7-32-24)21-15-37(14-17(2)16-39)36-23(21)27(28,29)30/h4-5,7,9,12-13,15,17,39H,3,6,8,10-11,14,16,31H2,1-2H3,(H,32,35)(H,33,40). The van der Waals surface area contributed by atoms with Gasteiger partial charge in [-0.2, -0.15) is 18.3 Å². The molecule has 0 bridgehead atoms. The molecule has 1 unspecified atom stereocenters. The van der Waals surface area contributed by atoms with Crippen LogP contribution < -0.4 is 16.4 Å². The van der Waals surface area contributed by atoms with Gasteiger partial charge in [-0.3, -0.25) is 13.9 Å². The number of halogens is 3. The van der Waals surface area contributed by atoms with Crippen molar-refractivity contribution in [3.8, 4) is 11.3 Å². The lowest BCUT2D eigenvalue weighted by molar-refractivity contribution is -0.141. The van der Waals surface area contributed by atoms with Gasteiger partial charge in [-0.25, -0.2) is 9.97 Å². The van der Waals surface area contributed by atoms with E-state index in [1.807, 2.05) is 13.0 Å². The molecule has 220 valence electrons. The van der Waals surface area contributed by atoms with E-state index in [0.717, 1.165) is 5.56 Å². The van der Waals surface area contributed by atoms with Gasteiger partial charge < -0.3 is 26.2 Å². The van der Waals surface area contributed by atoms with E-state index in [2.05, 4.69) is 25.7 Å². The highest BCUT2D eigenvalue weighted by atomic mass is 19.4. The Labute approximate surface area is 234 Å². The van der Waals surface area contributed by atoms with E-state index < -0.39 is 11.9 Å². The number of ether oxygens (including phenoxy) is 1. The van der Waals surface area contributed by atoms with Gasteiger partial charge in [-0.1, -0.05) is 13.8 Å². The number of nitrogens with two attached hydrogens (primary N) is 1. The normalized spacial score (nSPS) is 12.6. The molecule has 1 atom stereocenters. The van der Waals surface area contributed by atoms with Crippen LogP contribution in [0.4, 0.5) is 24.7 Å². The van der Waals surface area contributed by atoms with E-state index in [1.165, 1.54) is 33.9 Å². The molecule has 0 saturated carbocycles. The number of fused-ring (bicyclic) bond motifs is 1. The fourth-order valence-electron chi connectivity index (χ4n) is 4.34. The van der Waals surface area contributed by atoms with Gasteiger partial charge in [0, 0.05) is 56.1 Å². The number of aliphatic hydroxyl groups is 1. The van der Waals surface area contributed by atoms with Crippen LogP contribution in [0.2, 0.25) is 0 Å². The number of nitrogens with zero attached hydrogens (tertiary/aromatic N) is 5. The first-order valence-corrected chi connectivity index (χ1v) is 13.2. The molecule has 0 saturated heterocycles. The average Bonchev–Trinajstić information content (AvgIpc) is 3.57. The van der Waals surface area contributed by atoms with Crippen LogP contribution in [0, 0.1) is 5.92 Å². The Morgan fingerprint density at radius 1 is 1.24 bits per heavy atom. The Bertz CT molecular complexity index is 1480. The first-order valence-electron chi connectivity index (χ1n) is 13.2. The number of carbonyl (C=O) groups is 1. The Kier molecular flexibility index (Phi) is 9.57. The maximum absolute atomic E-state index is 13.9. The third kappa shape index (κ3) is 7.01. The number of hydrogen-bond acceptors (Lipinski definition) is 8. The van der Waals surface area contributed by atoms with Crippen molar-refractivity contribution in [2.75, 3.05) is 38.2 Å². The number of amides is 1. The molecular weight excluding hydrogens is 541 g/mol. The minimum atomic E-state index is -4.69. The van der Waals surface area contributed by atoms with Crippen molar-refractivity contribution in [1.82, 2.24) is 29.5 Å². The second-order valence-electron chi connectivity index (χ2n) is 9.52. The molecule has 41 heavy (non-hydrogen) atoms. The maximum Gasteiger partial charge on any atom is 0.435 e. The van der Waals surface area contributed by atoms with E-state index in [4.69, 9.17) is 10.5 Å². The lowest BCUT2D eigenvalue weighted by Crippen LogP contribution is -2.28. The SMILES string of the molecule is CCc1cc(Nc2nccn3c(-c4cn(CC(C)CO)nc4C(F)(F)F)cnc23)ccc1C(=O)NCCOCCN. The minimum absolute atomic E-state index is 0.126. The summed E-state index contributed by atoms with van der Waals surface area (Å²) in [4.78, 5) is 21.4. The Hall–Kier alpha value is -4.01. The van der Waals surface area contributed by atoms with Crippen LogP contribution in [0.15, 0.2) is 43.0 Å². The lowest BCUT2D eigenvalue weighted by atomic mass is 10.0. The molecule has 0 fully saturated rings. The van der Waals surface area contributed by atoms with Gasteiger partial charge in [0.15, 0.2) is 17.2 Å². The smallest absolute Gasteiger partial charge is 0.396 e. The summed E-state index contributed by atoms with van der Waals surface area (Å²) >= 11 is 0. The second kappa shape index (κ2) is 13.1. The van der Waals surface area contributed by atoms with Gasteiger partial charge in [-0.05, 0) is 36.1 Å². The van der Waals surface area contributed by atoms with E-state index in [1.54, 1.807) is 19.1 Å². The van der Waals surface area contributed by atoms with E-state index in [-0.39, 0.29) is 36.2 Å². The number of benzene rings is 1. The molecule has 1 amide bonds. The number of alkyl halides is 3. The number of carbonyl (C=O) groups excluding carboxylic acids is 1. The number of aromatic nitrogens is 5. The van der Waals surface area contributed by atoms with E-state index in [0.29, 0.717) is 55.4 Å². The van der Waals surface area contributed by atoms with Gasteiger partial charge in [0.2, 0.25) is 0 Å². The van der Waals surface area contributed by atoms with Crippen molar-refractivity contribution >= 4 is 23.1 Å². The van der Waals surface area contributed by atoms with Gasteiger partial charge in [0.05, 0.1) is 30.7 Å². The molecule has 4 aromatic rings. The van der Waals surface area contributed by atoms with Crippen LogP contribution in [0.1, 0.15) is 35.5 Å². The quantitative estimate of drug-likeness (QED) is 0.178. The summed E-state index contributed by atoms with van der Waals surface area (Å²) in [6.07, 6.45) is 1.54. The second-order valence-corrected chi connectivity index (χ2v) is 9.52. The van der Waals surface area contributed by atoms with Crippen molar-refractivity contribution in [3.63, 3.8) is 0 Å². The molecule has 14 heteroatoms. The van der Waals surface area contributed by atoms with Gasteiger partial charge in [0.1, 0.15) is 0 Å². The monoisotopic (exact) mass is 574 g/mol. The Balaban J connectivity index is 1.60. The van der Waals surface area contributed by atoms with Gasteiger partial charge >= 0.3 is 6.18 Å². The molecule has 3 heterocycles. The molecular formula is C27H33F3N8O3. The first kappa shape index (κ1) is 30.0. The fraction of sp³-hybridized carbons (Fsp3) is 0.407. The molecule has 4 rings (SSSR count). The molecule has 0 spiro atoms. The zero-order chi connectivity index (χ0) is 29.6. The van der Waals surface area contributed by atoms with Gasteiger partial charge in [-0.15, -0.1) is 0 Å². The van der Waals surface area contributed by atoms with E-state index >= 15 is 0 Å². The summed E-state index contributed by atoms with van der Waals surface area (Å²) in [6.45, 7) is 5.14. The number of aliphatic hydroxyl groups excluding tert-OH is 1. The van der Waals surface area contributed by atoms with Crippen LogP contribution >= 0.6 is 0 Å². The lowest BCUT2D eigenvalue weighted by Gasteiger charge is -2.13. The van der Waals surface area contributed by atoms with Crippen molar-refractivity contribution in [3.05, 3.63) is 59.8 Å². The van der Waals surface area contributed by atoms with Crippen molar-refractivity contribution < 1.29 is 27.8 Å². The highest BCUT2D eigenvalue weighted by Gasteiger charge is 2.38. The summed E-state index contributed by atoms with van der Waals surface area (Å²) in [5.41, 5.74) is 6.68. The maximum atomic E-state index is 13.9. The van der Waals surface area contributed by atoms with Crippen LogP contribution in [0.3, 0.4) is 0 Å². The third-order valence-electron chi connectivity index (χ3n) is 6.33. The zero-order valence-electron chi connectivity index (χ0n) is 22.8. The average molecular weight is 575 g/mol. The minimum Gasteiger partial charge on any atom is -0.396 e. The largest absolute Gasteiger partial charge is 0.435 e. The number of imidazole rings is 1. The highest BCUT2D eigenvalue weighted by Crippen LogP contribution is 2.37. The van der Waals surface area contributed by atoms with Crippen molar-refractivity contribution in [2.45, 2.75) is 33.0 Å². The van der Waals surface area contributed by atoms with Crippen molar-refractivity contribution in [1.29, 1.82) is 0 Å². The molecule has 0 aliphatic heterocycles. The van der Waals surface area contributed by atoms with Crippen LogP contribution in [0.5, 0.6) is 0 Å². The number of hydrogen-bond donors (Lipinski definition) is 4.